The molecule has 2 unspecified atom stereocenters. The number of ether oxygens (including phenoxy) is 1. The Kier molecular flexibility index (Phi) is 1.30. The summed E-state index contributed by atoms with van der Waals surface area (Å²) >= 11 is 0. The second-order valence-corrected chi connectivity index (χ2v) is 3.46. The molecule has 78 valence electrons. The Morgan fingerprint density at radius 3 is 3.36 bits per heavy atom. The van der Waals surface area contributed by atoms with Crippen molar-refractivity contribution in [3.05, 3.63) is 11.6 Å². The van der Waals surface area contributed by atoms with Crippen molar-refractivity contribution < 1.29 is 19.1 Å². The highest BCUT2D eigenvalue weighted by atomic mass is 16.5. The summed E-state index contributed by atoms with van der Waals surface area (Å²) in [6.07, 6.45) is -2.38. The molecule has 2 heteroatoms. The Morgan fingerprint density at radius 2 is 2.57 bits per heavy atom. The third kappa shape index (κ3) is 1.84. The number of hydrogen-bond acceptors (Lipinski definition) is 2. The summed E-state index contributed by atoms with van der Waals surface area (Å²) in [4.78, 5) is 11.8. The summed E-state index contributed by atoms with van der Waals surface area (Å²) < 4.78 is 60.3. The molecule has 0 bridgehead atoms. The molecule has 0 amide bonds. The van der Waals surface area contributed by atoms with Crippen molar-refractivity contribution in [2.24, 2.45) is 11.8 Å². The molecule has 0 spiro atoms. The number of carbonyl (C=O) groups is 1. The molecule has 0 aromatic carbocycles. The normalized spacial score (nSPS) is 54.4. The Hall–Kier alpha value is -0.790. The van der Waals surface area contributed by atoms with Crippen molar-refractivity contribution in [3.63, 3.8) is 0 Å². The van der Waals surface area contributed by atoms with Gasteiger partial charge in [-0.2, -0.15) is 0 Å². The Labute approximate surface area is 95.2 Å². The molecule has 2 rings (SSSR count). The molecule has 2 atom stereocenters. The molecule has 1 fully saturated rings. The monoisotopic (exact) mass is 201 g/mol. The van der Waals surface area contributed by atoms with Gasteiger partial charge in [-0.25, -0.2) is 4.79 Å². The van der Waals surface area contributed by atoms with E-state index in [4.69, 9.17) is 9.60 Å². The van der Waals surface area contributed by atoms with Crippen molar-refractivity contribution in [2.45, 2.75) is 38.9 Å². The number of carbonyl (C=O) groups excluding carboxylic acids is 1. The molecule has 1 saturated heterocycles. The molecule has 1 heterocycles. The number of allylic oxidation sites excluding steroid dienone is 1. The van der Waals surface area contributed by atoms with Gasteiger partial charge in [0, 0.05) is 18.3 Å². The molecule has 0 saturated carbocycles. The fraction of sp³-hybridized carbons (Fsp3) is 0.750. The van der Waals surface area contributed by atoms with E-state index in [0.29, 0.717) is 12.8 Å². The van der Waals surface area contributed by atoms with Gasteiger partial charge in [0.05, 0.1) is 9.30 Å². The van der Waals surface area contributed by atoms with Crippen LogP contribution in [0.25, 0.3) is 0 Å². The van der Waals surface area contributed by atoms with Crippen molar-refractivity contribution in [1.82, 2.24) is 0 Å². The summed E-state index contributed by atoms with van der Waals surface area (Å²) in [7, 11) is 0. The van der Waals surface area contributed by atoms with Gasteiger partial charge in [0.1, 0.15) is 0 Å². The molecule has 0 radical (unpaired) electrons. The van der Waals surface area contributed by atoms with E-state index in [9.17, 15) is 4.79 Å². The van der Waals surface area contributed by atoms with Crippen LogP contribution < -0.4 is 0 Å². The maximum absolute atomic E-state index is 11.8. The summed E-state index contributed by atoms with van der Waals surface area (Å²) in [5, 5.41) is 0. The zero-order valence-electron chi connectivity index (χ0n) is 15.1. The van der Waals surface area contributed by atoms with Crippen LogP contribution in [-0.4, -0.2) is 12.5 Å². The minimum atomic E-state index is -2.90. The zero-order chi connectivity index (χ0) is 16.3. The first-order chi connectivity index (χ1) is 9.43. The predicted octanol–water partition coefficient (Wildman–Crippen LogP) is 2.69. The summed E-state index contributed by atoms with van der Waals surface area (Å²) in [5.74, 6) is -4.67. The van der Waals surface area contributed by atoms with Gasteiger partial charge in [-0.15, -0.1) is 0 Å². The van der Waals surface area contributed by atoms with Gasteiger partial charge in [0.15, 0.2) is 0 Å². The molecular formula is C12H18O2. The fourth-order valence-corrected chi connectivity index (χ4v) is 1.54. The lowest BCUT2D eigenvalue weighted by Crippen LogP contribution is -2.14. The minimum Gasteiger partial charge on any atom is -0.462 e. The van der Waals surface area contributed by atoms with Crippen LogP contribution in [0.3, 0.4) is 0 Å². The fourth-order valence-electron chi connectivity index (χ4n) is 1.54. The second-order valence-electron chi connectivity index (χ2n) is 3.46. The van der Waals surface area contributed by atoms with Gasteiger partial charge in [-0.3, -0.25) is 0 Å². The number of unbranched alkanes of at least 4 members (excludes halogenated alkanes) is 1. The third-order valence-electron chi connectivity index (χ3n) is 2.35. The van der Waals surface area contributed by atoms with Crippen LogP contribution in [0.4, 0.5) is 0 Å². The molecule has 0 N–H and O–H groups in total. The smallest absolute Gasteiger partial charge is 0.334 e. The van der Waals surface area contributed by atoms with Crippen molar-refractivity contribution in [3.8, 4) is 0 Å². The minimum absolute atomic E-state index is 0.332. The van der Waals surface area contributed by atoms with Crippen molar-refractivity contribution >= 4 is 5.97 Å². The van der Waals surface area contributed by atoms with Gasteiger partial charge in [-0.1, -0.05) is 25.8 Å². The molecule has 1 aliphatic carbocycles. The van der Waals surface area contributed by atoms with E-state index in [1.165, 1.54) is 6.08 Å². The topological polar surface area (TPSA) is 26.3 Å². The maximum atomic E-state index is 11.8. The summed E-state index contributed by atoms with van der Waals surface area (Å²) in [6.45, 7) is -0.986. The SMILES string of the molecule is [2H]C1([2H])OC(=O)C2=CC(CCCC)C([2H])([2H])C([2H])([2H])C21[2H]. The van der Waals surface area contributed by atoms with Crippen LogP contribution in [0, 0.1) is 11.8 Å². The highest BCUT2D eigenvalue weighted by Crippen LogP contribution is 2.35. The second kappa shape index (κ2) is 4.16. The average Bonchev–Trinajstić information content (AvgIpc) is 2.52. The van der Waals surface area contributed by atoms with Crippen LogP contribution in [0.1, 0.15) is 48.5 Å². The molecule has 0 aromatic rings. The largest absolute Gasteiger partial charge is 0.462 e. The first-order valence-corrected chi connectivity index (χ1v) is 4.89. The quantitative estimate of drug-likeness (QED) is 0.656. The van der Waals surface area contributed by atoms with Crippen LogP contribution in [0.15, 0.2) is 11.6 Å². The predicted molar refractivity (Wildman–Crippen MR) is 54.8 cm³/mol. The average molecular weight is 201 g/mol. The first kappa shape index (κ1) is 4.38. The standard InChI is InChI=1S/C12H18O2/c1-2-3-4-9-5-6-10-8-14-12(13)11(10)7-9/h7,9-10H,2-6,8H2,1H3/i5D2,6D2,8D2,10D. The van der Waals surface area contributed by atoms with E-state index < -0.39 is 42.7 Å². The van der Waals surface area contributed by atoms with E-state index >= 15 is 0 Å². The van der Waals surface area contributed by atoms with Gasteiger partial charge >= 0.3 is 5.97 Å². The summed E-state index contributed by atoms with van der Waals surface area (Å²) in [6, 6.07) is 0. The maximum Gasteiger partial charge on any atom is 0.334 e. The summed E-state index contributed by atoms with van der Waals surface area (Å²) in [5.41, 5.74) is -0.409. The van der Waals surface area contributed by atoms with E-state index in [0.717, 1.165) is 6.42 Å². The third-order valence-corrected chi connectivity index (χ3v) is 2.35. The Morgan fingerprint density at radius 1 is 1.71 bits per heavy atom. The van der Waals surface area contributed by atoms with Gasteiger partial charge in [0.25, 0.3) is 0 Å². The van der Waals surface area contributed by atoms with Crippen LogP contribution >= 0.6 is 0 Å². The number of cyclic esters (lactones) is 1. The molecule has 2 nitrogen and oxygen atoms in total. The molecule has 0 aromatic heterocycles. The van der Waals surface area contributed by atoms with Gasteiger partial charge in [0.2, 0.25) is 0 Å². The molecule has 2 aliphatic rings. The van der Waals surface area contributed by atoms with Crippen LogP contribution in [-0.2, 0) is 9.53 Å². The lowest BCUT2D eigenvalue weighted by atomic mass is 9.82. The van der Waals surface area contributed by atoms with Crippen LogP contribution in [0.2, 0.25) is 0 Å². The highest BCUT2D eigenvalue weighted by Gasteiger charge is 2.33. The van der Waals surface area contributed by atoms with Crippen molar-refractivity contribution in [2.75, 3.05) is 6.56 Å². The van der Waals surface area contributed by atoms with E-state index in [2.05, 4.69) is 4.74 Å². The van der Waals surface area contributed by atoms with E-state index in [-0.39, 0.29) is 0 Å². The highest BCUT2D eigenvalue weighted by molar-refractivity contribution is 5.91. The molecule has 1 aliphatic heterocycles. The molecular weight excluding hydrogens is 176 g/mol. The van der Waals surface area contributed by atoms with Gasteiger partial charge < -0.3 is 4.74 Å². The Bertz CT molecular complexity index is 500. The molecule has 14 heavy (non-hydrogen) atoms. The first-order valence-electron chi connectivity index (χ1n) is 8.39. The number of esters is 1. The number of fused-ring (bicyclic) bond motifs is 1. The van der Waals surface area contributed by atoms with E-state index in [1.807, 2.05) is 6.92 Å². The lowest BCUT2D eigenvalue weighted by Gasteiger charge is -2.21. The van der Waals surface area contributed by atoms with Crippen molar-refractivity contribution in [1.29, 1.82) is 0 Å². The van der Waals surface area contributed by atoms with Gasteiger partial charge in [-0.05, 0) is 25.1 Å². The lowest BCUT2D eigenvalue weighted by molar-refractivity contribution is -0.135. The Balaban J connectivity index is 2.62. The van der Waals surface area contributed by atoms with Crippen LogP contribution in [0.5, 0.6) is 0 Å². The van der Waals surface area contributed by atoms with E-state index in [1.54, 1.807) is 0 Å². The zero-order valence-corrected chi connectivity index (χ0v) is 8.09. The number of rotatable bonds is 3. The number of hydrogen-bond donors (Lipinski definition) is 0.